The van der Waals surface area contributed by atoms with Gasteiger partial charge in [0.1, 0.15) is 5.69 Å². The summed E-state index contributed by atoms with van der Waals surface area (Å²) in [5.41, 5.74) is 3.58. The van der Waals surface area contributed by atoms with E-state index in [1.165, 1.54) is 6.07 Å². The first-order chi connectivity index (χ1) is 18.4. The van der Waals surface area contributed by atoms with E-state index in [9.17, 15) is 19.8 Å². The normalized spacial score (nSPS) is 10.7. The summed E-state index contributed by atoms with van der Waals surface area (Å²) in [6.07, 6.45) is 2.90. The van der Waals surface area contributed by atoms with Crippen LogP contribution >= 0.6 is 11.6 Å². The van der Waals surface area contributed by atoms with Gasteiger partial charge in [0.05, 0.1) is 17.4 Å². The van der Waals surface area contributed by atoms with Crippen LogP contribution in [-0.4, -0.2) is 47.1 Å². The number of unbranched alkanes of at least 4 members (excludes halogenated alkanes) is 1. The van der Waals surface area contributed by atoms with Crippen molar-refractivity contribution in [2.24, 2.45) is 0 Å². The minimum absolute atomic E-state index is 0.00744. The Morgan fingerprint density at radius 2 is 1.50 bits per heavy atom. The second-order valence-corrected chi connectivity index (χ2v) is 9.19. The molecule has 0 saturated heterocycles. The van der Waals surface area contributed by atoms with Crippen LogP contribution in [0.5, 0.6) is 0 Å². The predicted octanol–water partition coefficient (Wildman–Crippen LogP) is 6.34. The van der Waals surface area contributed by atoms with E-state index in [1.807, 2.05) is 59.3 Å². The summed E-state index contributed by atoms with van der Waals surface area (Å²) in [6.45, 7) is 0.613. The molecule has 0 amide bonds. The van der Waals surface area contributed by atoms with Crippen LogP contribution in [0, 0.1) is 0 Å². The monoisotopic (exact) mass is 529 g/mol. The van der Waals surface area contributed by atoms with Crippen LogP contribution < -0.4 is 9.80 Å². The molecule has 0 bridgehead atoms. The Labute approximate surface area is 226 Å². The molecule has 0 spiro atoms. The van der Waals surface area contributed by atoms with Gasteiger partial charge in [0, 0.05) is 47.8 Å². The Kier molecular flexibility index (Phi) is 8.73. The van der Waals surface area contributed by atoms with Crippen molar-refractivity contribution in [2.75, 3.05) is 30.0 Å². The SMILES string of the molecule is CN(c1ccc(Cl)cc1)c1ccc(C(=O)c2cc(C(=O)O)cc(N(CCCCO)c3ccccc3)c2)nc1. The van der Waals surface area contributed by atoms with Crippen LogP contribution in [0.2, 0.25) is 5.02 Å². The van der Waals surface area contributed by atoms with Crippen LogP contribution in [0.25, 0.3) is 0 Å². The van der Waals surface area contributed by atoms with E-state index in [0.717, 1.165) is 17.1 Å². The molecule has 194 valence electrons. The molecule has 0 fully saturated rings. The molecular weight excluding hydrogens is 502 g/mol. The maximum atomic E-state index is 13.4. The van der Waals surface area contributed by atoms with Crippen molar-refractivity contribution >= 4 is 46.1 Å². The van der Waals surface area contributed by atoms with Crippen LogP contribution in [-0.2, 0) is 0 Å². The highest BCUT2D eigenvalue weighted by Crippen LogP contribution is 2.29. The molecule has 0 aliphatic carbocycles. The summed E-state index contributed by atoms with van der Waals surface area (Å²) in [4.78, 5) is 33.7. The van der Waals surface area contributed by atoms with Gasteiger partial charge < -0.3 is 20.0 Å². The zero-order valence-electron chi connectivity index (χ0n) is 20.9. The average Bonchev–Trinajstić information content (AvgIpc) is 2.95. The van der Waals surface area contributed by atoms with Crippen molar-refractivity contribution < 1.29 is 19.8 Å². The van der Waals surface area contributed by atoms with Crippen LogP contribution in [0.3, 0.4) is 0 Å². The molecule has 1 aromatic heterocycles. The number of rotatable bonds is 11. The number of aromatic carboxylic acids is 1. The van der Waals surface area contributed by atoms with Crippen LogP contribution in [0.4, 0.5) is 22.7 Å². The van der Waals surface area contributed by atoms with Crippen molar-refractivity contribution in [3.8, 4) is 0 Å². The molecule has 4 aromatic rings. The number of aliphatic hydroxyl groups is 1. The topological polar surface area (TPSA) is 94.0 Å². The highest BCUT2D eigenvalue weighted by Gasteiger charge is 2.19. The first kappa shape index (κ1) is 26.9. The molecule has 3 aromatic carbocycles. The number of benzene rings is 3. The molecule has 2 N–H and O–H groups in total. The lowest BCUT2D eigenvalue weighted by Gasteiger charge is -2.26. The van der Waals surface area contributed by atoms with Gasteiger partial charge >= 0.3 is 5.97 Å². The van der Waals surface area contributed by atoms with Crippen LogP contribution in [0.15, 0.2) is 91.1 Å². The molecule has 0 atom stereocenters. The molecule has 4 rings (SSSR count). The van der Waals surface area contributed by atoms with Crippen molar-refractivity contribution in [2.45, 2.75) is 12.8 Å². The fourth-order valence-corrected chi connectivity index (χ4v) is 4.22. The summed E-state index contributed by atoms with van der Waals surface area (Å²) < 4.78 is 0. The summed E-state index contributed by atoms with van der Waals surface area (Å²) in [5, 5.41) is 19.7. The number of hydrogen-bond donors (Lipinski definition) is 2. The van der Waals surface area contributed by atoms with Crippen LogP contribution in [0.1, 0.15) is 39.3 Å². The van der Waals surface area contributed by atoms with E-state index < -0.39 is 5.97 Å². The van der Waals surface area contributed by atoms with Gasteiger partial charge in [-0.2, -0.15) is 0 Å². The van der Waals surface area contributed by atoms with Crippen molar-refractivity contribution in [3.63, 3.8) is 0 Å². The van der Waals surface area contributed by atoms with Gasteiger partial charge in [-0.25, -0.2) is 4.79 Å². The minimum atomic E-state index is -1.13. The molecule has 1 heterocycles. The van der Waals surface area contributed by atoms with Gasteiger partial charge in [-0.05, 0) is 79.6 Å². The zero-order chi connectivity index (χ0) is 27.1. The lowest BCUT2D eigenvalue weighted by Crippen LogP contribution is -2.20. The fourth-order valence-electron chi connectivity index (χ4n) is 4.10. The maximum Gasteiger partial charge on any atom is 0.335 e. The van der Waals surface area contributed by atoms with Gasteiger partial charge in [0.25, 0.3) is 0 Å². The highest BCUT2D eigenvalue weighted by atomic mass is 35.5. The molecule has 0 aliphatic heterocycles. The number of carbonyl (C=O) groups is 2. The van der Waals surface area contributed by atoms with Crippen molar-refractivity contribution in [1.29, 1.82) is 0 Å². The highest BCUT2D eigenvalue weighted by molar-refractivity contribution is 6.30. The quantitative estimate of drug-likeness (QED) is 0.173. The zero-order valence-corrected chi connectivity index (χ0v) is 21.7. The number of aliphatic hydroxyl groups excluding tert-OH is 1. The number of anilines is 4. The third kappa shape index (κ3) is 6.37. The molecular formula is C30H28ClN3O4. The second-order valence-electron chi connectivity index (χ2n) is 8.76. The first-order valence-corrected chi connectivity index (χ1v) is 12.6. The summed E-state index contributed by atoms with van der Waals surface area (Å²) >= 11 is 5.99. The smallest absolute Gasteiger partial charge is 0.335 e. The molecule has 0 radical (unpaired) electrons. The Hall–Kier alpha value is -4.20. The number of pyridine rings is 1. The molecule has 7 nitrogen and oxygen atoms in total. The molecule has 8 heteroatoms. The number of carboxylic acids is 1. The first-order valence-electron chi connectivity index (χ1n) is 12.2. The van der Waals surface area contributed by atoms with Crippen molar-refractivity contribution in [1.82, 2.24) is 4.98 Å². The largest absolute Gasteiger partial charge is 0.478 e. The van der Waals surface area contributed by atoms with E-state index in [4.69, 9.17) is 11.6 Å². The van der Waals surface area contributed by atoms with E-state index in [-0.39, 0.29) is 29.2 Å². The lowest BCUT2D eigenvalue weighted by molar-refractivity contribution is 0.0697. The minimum Gasteiger partial charge on any atom is -0.478 e. The average molecular weight is 530 g/mol. The number of carboxylic acid groups (broad SMARTS) is 1. The molecule has 0 saturated carbocycles. The van der Waals surface area contributed by atoms with Gasteiger partial charge in [-0.1, -0.05) is 29.8 Å². The molecule has 0 unspecified atom stereocenters. The Bertz CT molecular complexity index is 1390. The third-order valence-corrected chi connectivity index (χ3v) is 6.43. The Morgan fingerprint density at radius 1 is 0.816 bits per heavy atom. The number of ketones is 1. The van der Waals surface area contributed by atoms with Gasteiger partial charge in [0.2, 0.25) is 5.78 Å². The molecule has 0 aliphatic rings. The second kappa shape index (κ2) is 12.4. The number of para-hydroxylation sites is 1. The number of nitrogens with zero attached hydrogens (tertiary/aromatic N) is 3. The molecule has 38 heavy (non-hydrogen) atoms. The van der Waals surface area contributed by atoms with E-state index in [0.29, 0.717) is 30.1 Å². The van der Waals surface area contributed by atoms with Gasteiger partial charge in [-0.3, -0.25) is 9.78 Å². The van der Waals surface area contributed by atoms with Gasteiger partial charge in [-0.15, -0.1) is 0 Å². The predicted molar refractivity (Wildman–Crippen MR) is 150 cm³/mol. The number of halogens is 1. The van der Waals surface area contributed by atoms with Gasteiger partial charge in [0.15, 0.2) is 0 Å². The van der Waals surface area contributed by atoms with E-state index in [2.05, 4.69) is 4.98 Å². The van der Waals surface area contributed by atoms with E-state index >= 15 is 0 Å². The third-order valence-electron chi connectivity index (χ3n) is 6.18. The number of hydrogen-bond acceptors (Lipinski definition) is 6. The fraction of sp³-hybridized carbons (Fsp3) is 0.167. The summed E-state index contributed by atoms with van der Waals surface area (Å²) in [7, 11) is 1.89. The van der Waals surface area contributed by atoms with E-state index in [1.54, 1.807) is 42.6 Å². The number of aromatic nitrogens is 1. The lowest BCUT2D eigenvalue weighted by atomic mass is 10.0. The Balaban J connectivity index is 1.66. The maximum absolute atomic E-state index is 13.4. The standard InChI is InChI=1S/C30H28ClN3O4/c1-33(24-11-9-23(31)10-12-24)26-13-14-28(32-20-26)29(36)21-17-22(30(37)38)19-27(18-21)34(15-5-6-16-35)25-7-3-2-4-8-25/h2-4,7-14,17-20,35H,5-6,15-16H2,1H3,(H,37,38). The Morgan fingerprint density at radius 3 is 2.13 bits per heavy atom. The summed E-state index contributed by atoms with van der Waals surface area (Å²) in [5.74, 6) is -1.50. The summed E-state index contributed by atoms with van der Waals surface area (Å²) in [6, 6.07) is 25.0. The van der Waals surface area contributed by atoms with Crippen molar-refractivity contribution in [3.05, 3.63) is 113 Å². The number of carbonyl (C=O) groups excluding carboxylic acids is 1.